The SMILES string of the molecule is CC1(C)CN(CO)c2ccccc2S1=O. The molecular weight excluding hydrogens is 210 g/mol. The van der Waals surface area contributed by atoms with Gasteiger partial charge in [-0.3, -0.25) is 4.21 Å². The van der Waals surface area contributed by atoms with Gasteiger partial charge in [-0.05, 0) is 26.0 Å². The number of hydrogen-bond donors (Lipinski definition) is 1. The number of hydrogen-bond acceptors (Lipinski definition) is 3. The zero-order valence-corrected chi connectivity index (χ0v) is 9.75. The first kappa shape index (κ1) is 10.6. The lowest BCUT2D eigenvalue weighted by Crippen LogP contribution is -2.46. The number of benzene rings is 1. The van der Waals surface area contributed by atoms with Crippen molar-refractivity contribution < 1.29 is 9.32 Å². The van der Waals surface area contributed by atoms with E-state index in [-0.39, 0.29) is 11.5 Å². The standard InChI is InChI=1S/C11H15NO2S/c1-11(2)7-12(8-13)9-5-3-4-6-10(9)15(11)14/h3-6,13H,7-8H2,1-2H3. The summed E-state index contributed by atoms with van der Waals surface area (Å²) < 4.78 is 11.9. The molecule has 1 aliphatic rings. The third kappa shape index (κ3) is 1.68. The van der Waals surface area contributed by atoms with Crippen LogP contribution in [0.5, 0.6) is 0 Å². The van der Waals surface area contributed by atoms with Gasteiger partial charge in [-0.2, -0.15) is 0 Å². The van der Waals surface area contributed by atoms with E-state index >= 15 is 0 Å². The van der Waals surface area contributed by atoms with Crippen molar-refractivity contribution in [3.63, 3.8) is 0 Å². The molecule has 1 aliphatic heterocycles. The molecule has 15 heavy (non-hydrogen) atoms. The van der Waals surface area contributed by atoms with E-state index in [9.17, 15) is 9.32 Å². The fourth-order valence-electron chi connectivity index (χ4n) is 1.90. The fraction of sp³-hybridized carbons (Fsp3) is 0.455. The third-order valence-corrected chi connectivity index (χ3v) is 4.53. The molecule has 0 aromatic heterocycles. The second-order valence-corrected chi connectivity index (χ2v) is 6.42. The Morgan fingerprint density at radius 1 is 1.47 bits per heavy atom. The Morgan fingerprint density at radius 2 is 2.13 bits per heavy atom. The van der Waals surface area contributed by atoms with Crippen molar-refractivity contribution in [3.8, 4) is 0 Å². The monoisotopic (exact) mass is 225 g/mol. The second-order valence-electron chi connectivity index (χ2n) is 4.34. The molecular formula is C11H15NO2S. The van der Waals surface area contributed by atoms with Gasteiger partial charge in [0.2, 0.25) is 0 Å². The topological polar surface area (TPSA) is 40.5 Å². The lowest BCUT2D eigenvalue weighted by Gasteiger charge is -2.38. The van der Waals surface area contributed by atoms with E-state index in [2.05, 4.69) is 0 Å². The number of aliphatic hydroxyl groups is 1. The van der Waals surface area contributed by atoms with Crippen LogP contribution in [0.25, 0.3) is 0 Å². The van der Waals surface area contributed by atoms with Gasteiger partial charge in [0.15, 0.2) is 0 Å². The Balaban J connectivity index is 2.55. The summed E-state index contributed by atoms with van der Waals surface area (Å²) in [7, 11) is -1.00. The van der Waals surface area contributed by atoms with Crippen molar-refractivity contribution in [3.05, 3.63) is 24.3 Å². The molecule has 0 bridgehead atoms. The minimum absolute atomic E-state index is 0.0301. The van der Waals surface area contributed by atoms with Crippen molar-refractivity contribution in [2.24, 2.45) is 0 Å². The summed E-state index contributed by atoms with van der Waals surface area (Å²) in [5, 5.41) is 9.28. The summed E-state index contributed by atoms with van der Waals surface area (Å²) in [5.74, 6) is 0. The highest BCUT2D eigenvalue weighted by Gasteiger charge is 2.36. The van der Waals surface area contributed by atoms with Gasteiger partial charge in [0, 0.05) is 6.54 Å². The second kappa shape index (κ2) is 3.61. The summed E-state index contributed by atoms with van der Waals surface area (Å²) in [5.41, 5.74) is 0.887. The van der Waals surface area contributed by atoms with Crippen LogP contribution in [-0.2, 0) is 10.8 Å². The molecule has 0 fully saturated rings. The Kier molecular flexibility index (Phi) is 2.56. The van der Waals surface area contributed by atoms with E-state index in [1.807, 2.05) is 43.0 Å². The maximum absolute atomic E-state index is 12.2. The van der Waals surface area contributed by atoms with Crippen LogP contribution in [0.3, 0.4) is 0 Å². The zero-order valence-electron chi connectivity index (χ0n) is 8.93. The molecule has 0 spiro atoms. The highest BCUT2D eigenvalue weighted by Crippen LogP contribution is 2.35. The van der Waals surface area contributed by atoms with Crippen LogP contribution in [0.1, 0.15) is 13.8 Å². The number of anilines is 1. The van der Waals surface area contributed by atoms with Crippen molar-refractivity contribution in [2.45, 2.75) is 23.5 Å². The fourth-order valence-corrected chi connectivity index (χ4v) is 3.36. The Labute approximate surface area is 92.2 Å². The van der Waals surface area contributed by atoms with Gasteiger partial charge in [-0.15, -0.1) is 0 Å². The molecule has 3 nitrogen and oxygen atoms in total. The number of para-hydroxylation sites is 1. The summed E-state index contributed by atoms with van der Waals surface area (Å²) in [4.78, 5) is 2.68. The summed E-state index contributed by atoms with van der Waals surface area (Å²) >= 11 is 0. The average molecular weight is 225 g/mol. The first-order valence-electron chi connectivity index (χ1n) is 4.93. The van der Waals surface area contributed by atoms with Crippen molar-refractivity contribution in [2.75, 3.05) is 18.2 Å². The molecule has 0 saturated heterocycles. The molecule has 82 valence electrons. The van der Waals surface area contributed by atoms with Crippen LogP contribution in [0, 0.1) is 0 Å². The molecule has 1 aromatic rings. The van der Waals surface area contributed by atoms with Crippen molar-refractivity contribution in [1.29, 1.82) is 0 Å². The molecule has 1 N–H and O–H groups in total. The predicted octanol–water partition coefficient (Wildman–Crippen LogP) is 1.34. The average Bonchev–Trinajstić information content (AvgIpc) is 2.24. The smallest absolute Gasteiger partial charge is 0.115 e. The van der Waals surface area contributed by atoms with Crippen molar-refractivity contribution >= 4 is 16.5 Å². The maximum Gasteiger partial charge on any atom is 0.115 e. The highest BCUT2D eigenvalue weighted by molar-refractivity contribution is 7.86. The number of fused-ring (bicyclic) bond motifs is 1. The van der Waals surface area contributed by atoms with E-state index in [1.165, 1.54) is 0 Å². The lowest BCUT2D eigenvalue weighted by molar-refractivity contribution is 0.285. The largest absolute Gasteiger partial charge is 0.376 e. The van der Waals surface area contributed by atoms with Crippen LogP contribution in [-0.4, -0.2) is 27.3 Å². The summed E-state index contributed by atoms with van der Waals surface area (Å²) in [6, 6.07) is 7.55. The van der Waals surface area contributed by atoms with E-state index in [0.29, 0.717) is 6.54 Å². The quantitative estimate of drug-likeness (QED) is 0.784. The first-order chi connectivity index (χ1) is 7.06. The molecule has 1 unspecified atom stereocenters. The van der Waals surface area contributed by atoms with Gasteiger partial charge >= 0.3 is 0 Å². The molecule has 0 amide bonds. The van der Waals surface area contributed by atoms with Gasteiger partial charge in [-0.25, -0.2) is 0 Å². The molecule has 1 atom stereocenters. The normalized spacial score (nSPS) is 23.7. The minimum Gasteiger partial charge on any atom is -0.376 e. The highest BCUT2D eigenvalue weighted by atomic mass is 32.2. The van der Waals surface area contributed by atoms with Gasteiger partial charge < -0.3 is 10.0 Å². The molecule has 0 radical (unpaired) electrons. The molecule has 2 rings (SSSR count). The van der Waals surface area contributed by atoms with E-state index in [0.717, 1.165) is 10.6 Å². The van der Waals surface area contributed by atoms with Gasteiger partial charge in [0.25, 0.3) is 0 Å². The Morgan fingerprint density at radius 3 is 2.80 bits per heavy atom. The Hall–Kier alpha value is -0.870. The van der Waals surface area contributed by atoms with E-state index in [4.69, 9.17) is 0 Å². The van der Waals surface area contributed by atoms with Crippen LogP contribution in [0.4, 0.5) is 5.69 Å². The minimum atomic E-state index is -1.00. The van der Waals surface area contributed by atoms with Crippen LogP contribution < -0.4 is 4.90 Å². The van der Waals surface area contributed by atoms with Crippen LogP contribution >= 0.6 is 0 Å². The number of rotatable bonds is 1. The molecule has 1 aromatic carbocycles. The maximum atomic E-state index is 12.2. The number of aliphatic hydroxyl groups excluding tert-OH is 1. The summed E-state index contributed by atoms with van der Waals surface area (Å²) in [6.45, 7) is 4.51. The zero-order chi connectivity index (χ0) is 11.1. The van der Waals surface area contributed by atoms with E-state index in [1.54, 1.807) is 0 Å². The number of nitrogens with zero attached hydrogens (tertiary/aromatic N) is 1. The van der Waals surface area contributed by atoms with Crippen molar-refractivity contribution in [1.82, 2.24) is 0 Å². The van der Waals surface area contributed by atoms with Crippen LogP contribution in [0.2, 0.25) is 0 Å². The third-order valence-electron chi connectivity index (χ3n) is 2.65. The molecule has 1 heterocycles. The Bertz CT molecular complexity index is 403. The lowest BCUT2D eigenvalue weighted by atomic mass is 10.1. The van der Waals surface area contributed by atoms with Gasteiger partial charge in [-0.1, -0.05) is 12.1 Å². The molecule has 0 saturated carbocycles. The van der Waals surface area contributed by atoms with Gasteiger partial charge in [0.05, 0.1) is 26.1 Å². The van der Waals surface area contributed by atoms with E-state index < -0.39 is 10.8 Å². The first-order valence-corrected chi connectivity index (χ1v) is 6.08. The van der Waals surface area contributed by atoms with Crippen LogP contribution in [0.15, 0.2) is 29.2 Å². The molecule has 4 heteroatoms. The summed E-state index contributed by atoms with van der Waals surface area (Å²) in [6.07, 6.45) is 0. The predicted molar refractivity (Wildman–Crippen MR) is 61.4 cm³/mol. The molecule has 0 aliphatic carbocycles. The van der Waals surface area contributed by atoms with Gasteiger partial charge in [0.1, 0.15) is 6.73 Å².